The molecule has 0 bridgehead atoms. The van der Waals surface area contributed by atoms with E-state index >= 15 is 0 Å². The molecule has 6 nitrogen and oxygen atoms in total. The number of amides is 2. The molecule has 0 atom stereocenters. The topological polar surface area (TPSA) is 67.2 Å². The van der Waals surface area contributed by atoms with Gasteiger partial charge in [0.1, 0.15) is 5.82 Å². The largest absolute Gasteiger partial charge is 0.312 e. The second-order valence-corrected chi connectivity index (χ2v) is 7.58. The highest BCUT2D eigenvalue weighted by Gasteiger charge is 2.21. The van der Waals surface area contributed by atoms with Crippen LogP contribution in [0.5, 0.6) is 0 Å². The van der Waals surface area contributed by atoms with Gasteiger partial charge in [-0.1, -0.05) is 43.3 Å². The molecule has 1 fully saturated rings. The standard InChI is InChI=1S/C24H26N4O2/c1-2-18-5-7-20(8-6-18)17-28-22(13-14-25-28)26-23(29)16-19-9-11-21(12-10-19)27-15-3-4-24(27)30/h5-14H,2-4,15-17H2,1H3,(H,26,29). The Labute approximate surface area is 176 Å². The second kappa shape index (κ2) is 8.95. The Morgan fingerprint density at radius 2 is 1.70 bits per heavy atom. The molecule has 0 aliphatic carbocycles. The highest BCUT2D eigenvalue weighted by molar-refractivity contribution is 5.95. The van der Waals surface area contributed by atoms with Gasteiger partial charge < -0.3 is 10.2 Å². The number of benzene rings is 2. The quantitative estimate of drug-likeness (QED) is 0.654. The van der Waals surface area contributed by atoms with Crippen LogP contribution in [0.4, 0.5) is 11.5 Å². The SMILES string of the molecule is CCc1ccc(Cn2nccc2NC(=O)Cc2ccc(N3CCCC3=O)cc2)cc1. The van der Waals surface area contributed by atoms with Gasteiger partial charge in [-0.25, -0.2) is 4.68 Å². The van der Waals surface area contributed by atoms with Crippen molar-refractivity contribution in [3.63, 3.8) is 0 Å². The maximum atomic E-state index is 12.5. The fraction of sp³-hybridized carbons (Fsp3) is 0.292. The lowest BCUT2D eigenvalue weighted by molar-refractivity contribution is -0.117. The van der Waals surface area contributed by atoms with Crippen LogP contribution in [0.3, 0.4) is 0 Å². The molecular formula is C24H26N4O2. The average molecular weight is 402 g/mol. The van der Waals surface area contributed by atoms with E-state index in [0.717, 1.165) is 36.2 Å². The van der Waals surface area contributed by atoms with Gasteiger partial charge in [-0.05, 0) is 41.7 Å². The zero-order chi connectivity index (χ0) is 20.9. The van der Waals surface area contributed by atoms with Gasteiger partial charge in [-0.3, -0.25) is 9.59 Å². The van der Waals surface area contributed by atoms with Gasteiger partial charge in [0.2, 0.25) is 11.8 Å². The van der Waals surface area contributed by atoms with E-state index in [4.69, 9.17) is 0 Å². The first-order chi connectivity index (χ1) is 14.6. The van der Waals surface area contributed by atoms with Crippen molar-refractivity contribution < 1.29 is 9.59 Å². The van der Waals surface area contributed by atoms with Crippen LogP contribution in [0.15, 0.2) is 60.8 Å². The Bertz CT molecular complexity index is 1020. The van der Waals surface area contributed by atoms with Gasteiger partial charge in [-0.2, -0.15) is 5.10 Å². The van der Waals surface area contributed by atoms with Crippen molar-refractivity contribution in [3.8, 4) is 0 Å². The van der Waals surface area contributed by atoms with Gasteiger partial charge in [0, 0.05) is 24.7 Å². The zero-order valence-corrected chi connectivity index (χ0v) is 17.2. The van der Waals surface area contributed by atoms with Crippen molar-refractivity contribution in [2.45, 2.75) is 39.2 Å². The van der Waals surface area contributed by atoms with Crippen molar-refractivity contribution in [2.24, 2.45) is 0 Å². The number of nitrogens with zero attached hydrogens (tertiary/aromatic N) is 3. The van der Waals surface area contributed by atoms with E-state index in [1.165, 1.54) is 5.56 Å². The number of anilines is 2. The molecule has 2 aromatic carbocycles. The molecule has 0 radical (unpaired) electrons. The summed E-state index contributed by atoms with van der Waals surface area (Å²) in [6.07, 6.45) is 4.49. The monoisotopic (exact) mass is 402 g/mol. The van der Waals surface area contributed by atoms with Crippen LogP contribution in [0.25, 0.3) is 0 Å². The minimum Gasteiger partial charge on any atom is -0.312 e. The van der Waals surface area contributed by atoms with Crippen molar-refractivity contribution >= 4 is 23.3 Å². The summed E-state index contributed by atoms with van der Waals surface area (Å²) in [7, 11) is 0. The zero-order valence-electron chi connectivity index (χ0n) is 17.2. The van der Waals surface area contributed by atoms with Crippen LogP contribution < -0.4 is 10.2 Å². The predicted octanol–water partition coefficient (Wildman–Crippen LogP) is 3.80. The predicted molar refractivity (Wildman–Crippen MR) is 118 cm³/mol. The van der Waals surface area contributed by atoms with Gasteiger partial charge >= 0.3 is 0 Å². The molecule has 1 N–H and O–H groups in total. The Morgan fingerprint density at radius 3 is 2.37 bits per heavy atom. The third kappa shape index (κ3) is 4.59. The fourth-order valence-electron chi connectivity index (χ4n) is 3.71. The summed E-state index contributed by atoms with van der Waals surface area (Å²) in [5.74, 6) is 0.750. The van der Waals surface area contributed by atoms with Crippen LogP contribution in [-0.2, 0) is 29.0 Å². The molecule has 2 amide bonds. The lowest BCUT2D eigenvalue weighted by Gasteiger charge is -2.16. The molecule has 1 aliphatic rings. The number of hydrogen-bond donors (Lipinski definition) is 1. The number of rotatable bonds is 7. The Morgan fingerprint density at radius 1 is 1.00 bits per heavy atom. The average Bonchev–Trinajstić information content (AvgIpc) is 3.38. The summed E-state index contributed by atoms with van der Waals surface area (Å²) in [6, 6.07) is 17.9. The highest BCUT2D eigenvalue weighted by atomic mass is 16.2. The van der Waals surface area contributed by atoms with Gasteiger partial charge in [-0.15, -0.1) is 0 Å². The van der Waals surface area contributed by atoms with Crippen LogP contribution in [0.2, 0.25) is 0 Å². The molecule has 0 saturated carbocycles. The van der Waals surface area contributed by atoms with Gasteiger partial charge in [0.15, 0.2) is 0 Å². The molecule has 0 unspecified atom stereocenters. The highest BCUT2D eigenvalue weighted by Crippen LogP contribution is 2.22. The van der Waals surface area contributed by atoms with E-state index in [2.05, 4.69) is 41.6 Å². The van der Waals surface area contributed by atoms with Crippen LogP contribution in [-0.4, -0.2) is 28.1 Å². The maximum absolute atomic E-state index is 12.5. The Kier molecular flexibility index (Phi) is 5.93. The van der Waals surface area contributed by atoms with Crippen LogP contribution in [0, 0.1) is 0 Å². The maximum Gasteiger partial charge on any atom is 0.229 e. The normalized spacial score (nSPS) is 13.6. The summed E-state index contributed by atoms with van der Waals surface area (Å²) < 4.78 is 1.79. The molecule has 4 rings (SSSR count). The number of carbonyl (C=O) groups is 2. The summed E-state index contributed by atoms with van der Waals surface area (Å²) >= 11 is 0. The van der Waals surface area contributed by atoms with Crippen molar-refractivity contribution in [3.05, 3.63) is 77.5 Å². The minimum atomic E-state index is -0.0944. The number of hydrogen-bond acceptors (Lipinski definition) is 3. The first kappa shape index (κ1) is 19.9. The third-order valence-electron chi connectivity index (χ3n) is 5.43. The van der Waals surface area contributed by atoms with Crippen molar-refractivity contribution in [2.75, 3.05) is 16.8 Å². The van der Waals surface area contributed by atoms with Crippen molar-refractivity contribution in [1.82, 2.24) is 9.78 Å². The van der Waals surface area contributed by atoms with Gasteiger partial charge in [0.25, 0.3) is 0 Å². The molecule has 6 heteroatoms. The van der Waals surface area contributed by atoms with E-state index in [1.807, 2.05) is 24.3 Å². The molecule has 1 aliphatic heterocycles. The molecule has 30 heavy (non-hydrogen) atoms. The molecular weight excluding hydrogens is 376 g/mol. The molecule has 0 spiro atoms. The smallest absolute Gasteiger partial charge is 0.229 e. The van der Waals surface area contributed by atoms with E-state index in [1.54, 1.807) is 21.8 Å². The number of aryl methyl sites for hydroxylation is 1. The van der Waals surface area contributed by atoms with Gasteiger partial charge in [0.05, 0.1) is 19.2 Å². The van der Waals surface area contributed by atoms with E-state index in [0.29, 0.717) is 18.8 Å². The first-order valence-electron chi connectivity index (χ1n) is 10.4. The van der Waals surface area contributed by atoms with E-state index < -0.39 is 0 Å². The molecule has 1 saturated heterocycles. The van der Waals surface area contributed by atoms with Crippen LogP contribution in [0.1, 0.15) is 36.5 Å². The van der Waals surface area contributed by atoms with E-state index in [-0.39, 0.29) is 18.2 Å². The second-order valence-electron chi connectivity index (χ2n) is 7.58. The first-order valence-corrected chi connectivity index (χ1v) is 10.4. The molecule has 1 aromatic heterocycles. The minimum absolute atomic E-state index is 0.0944. The van der Waals surface area contributed by atoms with E-state index in [9.17, 15) is 9.59 Å². The van der Waals surface area contributed by atoms with Crippen LogP contribution >= 0.6 is 0 Å². The summed E-state index contributed by atoms with van der Waals surface area (Å²) in [5.41, 5.74) is 4.24. The Hall–Kier alpha value is -3.41. The summed E-state index contributed by atoms with van der Waals surface area (Å²) in [5, 5.41) is 7.30. The number of aromatic nitrogens is 2. The fourth-order valence-corrected chi connectivity index (χ4v) is 3.71. The lowest BCUT2D eigenvalue weighted by atomic mass is 10.1. The third-order valence-corrected chi connectivity index (χ3v) is 5.43. The molecule has 3 aromatic rings. The summed E-state index contributed by atoms with van der Waals surface area (Å²) in [4.78, 5) is 26.2. The van der Waals surface area contributed by atoms with Crippen molar-refractivity contribution in [1.29, 1.82) is 0 Å². The lowest BCUT2D eigenvalue weighted by Crippen LogP contribution is -2.23. The summed E-state index contributed by atoms with van der Waals surface area (Å²) in [6.45, 7) is 3.50. The number of nitrogens with one attached hydrogen (secondary N) is 1. The Balaban J connectivity index is 1.36. The molecule has 2 heterocycles. The molecule has 154 valence electrons. The number of carbonyl (C=O) groups excluding carboxylic acids is 2.